The molecule has 0 radical (unpaired) electrons. The third-order valence-corrected chi connectivity index (χ3v) is 3.17. The fourth-order valence-corrected chi connectivity index (χ4v) is 2.11. The van der Waals surface area contributed by atoms with Crippen molar-refractivity contribution in [2.75, 3.05) is 5.33 Å². The van der Waals surface area contributed by atoms with E-state index in [4.69, 9.17) is 4.74 Å². The van der Waals surface area contributed by atoms with Crippen molar-refractivity contribution in [3.05, 3.63) is 24.3 Å². The highest BCUT2D eigenvalue weighted by Gasteiger charge is 2.37. The first kappa shape index (κ1) is 14.5. The normalized spacial score (nSPS) is 18.1. The van der Waals surface area contributed by atoms with Crippen molar-refractivity contribution < 1.29 is 9.53 Å². The topological polar surface area (TPSA) is 26.3 Å². The van der Waals surface area contributed by atoms with Crippen LogP contribution >= 0.6 is 15.9 Å². The lowest BCUT2D eigenvalue weighted by atomic mass is 9.80. The molecule has 96 valence electrons. The maximum Gasteiger partial charge on any atom is 0.320 e. The molecule has 0 aromatic rings. The molecule has 0 saturated carbocycles. The van der Waals surface area contributed by atoms with Gasteiger partial charge in [0.25, 0.3) is 0 Å². The quantitative estimate of drug-likeness (QED) is 0.445. The summed E-state index contributed by atoms with van der Waals surface area (Å²) in [5, 5.41) is 0.902. The number of ether oxygens (including phenoxy) is 1. The smallest absolute Gasteiger partial charge is 0.320 e. The van der Waals surface area contributed by atoms with Crippen LogP contribution in [-0.2, 0) is 9.53 Å². The molecule has 0 saturated heterocycles. The Morgan fingerprint density at radius 2 is 1.94 bits per heavy atom. The van der Waals surface area contributed by atoms with Crippen LogP contribution in [0, 0.1) is 5.41 Å². The van der Waals surface area contributed by atoms with Crippen molar-refractivity contribution in [1.82, 2.24) is 0 Å². The summed E-state index contributed by atoms with van der Waals surface area (Å²) in [4.78, 5) is 12.3. The van der Waals surface area contributed by atoms with Crippen molar-refractivity contribution in [2.45, 2.75) is 45.6 Å². The highest BCUT2D eigenvalue weighted by Crippen LogP contribution is 2.34. The van der Waals surface area contributed by atoms with E-state index in [1.54, 1.807) is 0 Å². The van der Waals surface area contributed by atoms with E-state index < -0.39 is 11.0 Å². The first-order valence-electron chi connectivity index (χ1n) is 6.04. The predicted molar refractivity (Wildman–Crippen MR) is 74.2 cm³/mol. The van der Waals surface area contributed by atoms with Crippen LogP contribution in [0.1, 0.15) is 40.0 Å². The SMILES string of the molecule is CC(C)(C)OC(=O)C1(CCCBr)C=CCC=C1. The van der Waals surface area contributed by atoms with Crippen LogP contribution in [-0.4, -0.2) is 16.9 Å². The Kier molecular flexibility index (Phi) is 4.99. The number of alkyl halides is 1. The molecule has 0 atom stereocenters. The summed E-state index contributed by atoms with van der Waals surface area (Å²) in [7, 11) is 0. The zero-order valence-corrected chi connectivity index (χ0v) is 12.4. The Hall–Kier alpha value is -0.570. The second-order valence-electron chi connectivity index (χ2n) is 5.38. The Bertz CT molecular complexity index is 312. The molecule has 0 fully saturated rings. The van der Waals surface area contributed by atoms with Gasteiger partial charge in [0.05, 0.1) is 0 Å². The molecular formula is C14H21BrO2. The van der Waals surface area contributed by atoms with Gasteiger partial charge in [-0.1, -0.05) is 40.2 Å². The van der Waals surface area contributed by atoms with E-state index in [1.165, 1.54) is 0 Å². The standard InChI is InChI=1S/C14H21BrO2/c1-13(2,3)17-12(16)14(10-7-11-15)8-5-4-6-9-14/h5-6,8-9H,4,7,10-11H2,1-3H3. The van der Waals surface area contributed by atoms with Crippen molar-refractivity contribution in [1.29, 1.82) is 0 Å². The highest BCUT2D eigenvalue weighted by atomic mass is 79.9. The lowest BCUT2D eigenvalue weighted by Gasteiger charge is -2.31. The molecule has 0 bridgehead atoms. The van der Waals surface area contributed by atoms with Gasteiger partial charge in [-0.2, -0.15) is 0 Å². The molecule has 1 aliphatic carbocycles. The maximum absolute atomic E-state index is 12.3. The zero-order chi connectivity index (χ0) is 12.9. The van der Waals surface area contributed by atoms with Gasteiger partial charge in [-0.3, -0.25) is 4.79 Å². The van der Waals surface area contributed by atoms with Gasteiger partial charge in [0, 0.05) is 5.33 Å². The number of carbonyl (C=O) groups excluding carboxylic acids is 1. The molecule has 0 heterocycles. The Morgan fingerprint density at radius 1 is 1.35 bits per heavy atom. The van der Waals surface area contributed by atoms with Crippen LogP contribution in [0.3, 0.4) is 0 Å². The molecule has 17 heavy (non-hydrogen) atoms. The third kappa shape index (κ3) is 4.30. The van der Waals surface area contributed by atoms with Crippen molar-refractivity contribution in [2.24, 2.45) is 5.41 Å². The molecule has 3 heteroatoms. The number of allylic oxidation sites excluding steroid dienone is 2. The summed E-state index contributed by atoms with van der Waals surface area (Å²) < 4.78 is 5.52. The van der Waals surface area contributed by atoms with E-state index in [1.807, 2.05) is 45.1 Å². The van der Waals surface area contributed by atoms with Crippen LogP contribution in [0.2, 0.25) is 0 Å². The first-order chi connectivity index (χ1) is 7.90. The van der Waals surface area contributed by atoms with Crippen molar-refractivity contribution in [3.63, 3.8) is 0 Å². The first-order valence-corrected chi connectivity index (χ1v) is 7.17. The van der Waals surface area contributed by atoms with Gasteiger partial charge < -0.3 is 4.74 Å². The molecule has 0 aromatic heterocycles. The number of esters is 1. The van der Waals surface area contributed by atoms with E-state index in [0.717, 1.165) is 24.6 Å². The second-order valence-corrected chi connectivity index (χ2v) is 6.17. The van der Waals surface area contributed by atoms with Crippen LogP contribution in [0.25, 0.3) is 0 Å². The van der Waals surface area contributed by atoms with E-state index in [2.05, 4.69) is 15.9 Å². The van der Waals surface area contributed by atoms with E-state index in [-0.39, 0.29) is 5.97 Å². The van der Waals surface area contributed by atoms with Gasteiger partial charge in [-0.25, -0.2) is 0 Å². The molecular weight excluding hydrogens is 280 g/mol. The average molecular weight is 301 g/mol. The summed E-state index contributed by atoms with van der Waals surface area (Å²) in [6, 6.07) is 0. The van der Waals surface area contributed by atoms with E-state index >= 15 is 0 Å². The monoisotopic (exact) mass is 300 g/mol. The Morgan fingerprint density at radius 3 is 2.41 bits per heavy atom. The molecule has 0 aromatic carbocycles. The minimum Gasteiger partial charge on any atom is -0.459 e. The molecule has 0 spiro atoms. The van der Waals surface area contributed by atoms with Gasteiger partial charge in [-0.15, -0.1) is 0 Å². The molecule has 2 nitrogen and oxygen atoms in total. The lowest BCUT2D eigenvalue weighted by Crippen LogP contribution is -2.36. The summed E-state index contributed by atoms with van der Waals surface area (Å²) in [6.07, 6.45) is 10.7. The van der Waals surface area contributed by atoms with E-state index in [0.29, 0.717) is 0 Å². The van der Waals surface area contributed by atoms with Gasteiger partial charge in [0.15, 0.2) is 0 Å². The fourth-order valence-electron chi connectivity index (χ4n) is 1.83. The molecule has 0 aliphatic heterocycles. The molecule has 0 amide bonds. The van der Waals surface area contributed by atoms with Gasteiger partial charge >= 0.3 is 5.97 Å². The largest absolute Gasteiger partial charge is 0.459 e. The number of halogens is 1. The molecule has 1 rings (SSSR count). The van der Waals surface area contributed by atoms with Crippen LogP contribution < -0.4 is 0 Å². The van der Waals surface area contributed by atoms with Gasteiger partial charge in [0.1, 0.15) is 11.0 Å². The van der Waals surface area contributed by atoms with E-state index in [9.17, 15) is 4.79 Å². The minimum absolute atomic E-state index is 0.141. The maximum atomic E-state index is 12.3. The fraction of sp³-hybridized carbons (Fsp3) is 0.643. The van der Waals surface area contributed by atoms with Gasteiger partial charge in [-0.05, 0) is 40.0 Å². The average Bonchev–Trinajstić information content (AvgIpc) is 2.25. The Labute approximate surface area is 112 Å². The lowest BCUT2D eigenvalue weighted by molar-refractivity contribution is -0.162. The number of hydrogen-bond donors (Lipinski definition) is 0. The summed E-state index contributed by atoms with van der Waals surface area (Å²) in [5.41, 5.74) is -0.989. The molecule has 0 unspecified atom stereocenters. The Balaban J connectivity index is 2.83. The van der Waals surface area contributed by atoms with Crippen LogP contribution in [0.5, 0.6) is 0 Å². The second kappa shape index (κ2) is 5.85. The van der Waals surface area contributed by atoms with Gasteiger partial charge in [0.2, 0.25) is 0 Å². The van der Waals surface area contributed by atoms with Crippen LogP contribution in [0.15, 0.2) is 24.3 Å². The van der Waals surface area contributed by atoms with Crippen LogP contribution in [0.4, 0.5) is 0 Å². The third-order valence-electron chi connectivity index (χ3n) is 2.61. The number of hydrogen-bond acceptors (Lipinski definition) is 2. The molecule has 0 N–H and O–H groups in total. The summed E-state index contributed by atoms with van der Waals surface area (Å²) in [5.74, 6) is -0.141. The number of carbonyl (C=O) groups is 1. The van der Waals surface area contributed by atoms with Crippen molar-refractivity contribution in [3.8, 4) is 0 Å². The zero-order valence-electron chi connectivity index (χ0n) is 10.8. The predicted octanol–water partition coefficient (Wildman–Crippen LogP) is 4.01. The minimum atomic E-state index is -0.556. The van der Waals surface area contributed by atoms with Crippen molar-refractivity contribution >= 4 is 21.9 Å². The summed E-state index contributed by atoms with van der Waals surface area (Å²) >= 11 is 3.41. The molecule has 1 aliphatic rings. The number of rotatable bonds is 4. The highest BCUT2D eigenvalue weighted by molar-refractivity contribution is 9.09. The summed E-state index contributed by atoms with van der Waals surface area (Å²) in [6.45, 7) is 5.71.